The third kappa shape index (κ3) is 3.01. The van der Waals surface area contributed by atoms with Crippen molar-refractivity contribution in [1.82, 2.24) is 5.06 Å². The Morgan fingerprint density at radius 1 is 1.26 bits per heavy atom. The first kappa shape index (κ1) is 13.7. The quantitative estimate of drug-likeness (QED) is 0.604. The maximum Gasteiger partial charge on any atom is 0.253 e. The molecule has 2 rings (SSSR count). The number of carbonyl (C=O) groups excluding carboxylic acids is 2. The van der Waals surface area contributed by atoms with Crippen LogP contribution in [0.25, 0.3) is 0 Å². The van der Waals surface area contributed by atoms with E-state index in [4.69, 9.17) is 4.84 Å². The van der Waals surface area contributed by atoms with E-state index in [0.29, 0.717) is 0 Å². The fourth-order valence-corrected chi connectivity index (χ4v) is 2.02. The van der Waals surface area contributed by atoms with Crippen LogP contribution in [0.2, 0.25) is 0 Å². The highest BCUT2D eigenvalue weighted by Crippen LogP contribution is 2.32. The van der Waals surface area contributed by atoms with Crippen LogP contribution >= 0.6 is 0 Å². The van der Waals surface area contributed by atoms with Gasteiger partial charge in [-0.05, 0) is 25.3 Å². The molecule has 1 aromatic carbocycles. The molecule has 1 aliphatic carbocycles. The average molecular weight is 261 g/mol. The molecule has 4 nitrogen and oxygen atoms in total. The summed E-state index contributed by atoms with van der Waals surface area (Å²) in [6.45, 7) is 1.83. The average Bonchev–Trinajstić information content (AvgIpc) is 3.28. The zero-order chi connectivity index (χ0) is 14.0. The Bertz CT molecular complexity index is 477. The molecule has 1 aromatic rings. The first-order chi connectivity index (χ1) is 9.04. The van der Waals surface area contributed by atoms with E-state index < -0.39 is 0 Å². The maximum absolute atomic E-state index is 11.9. The van der Waals surface area contributed by atoms with Crippen LogP contribution in [0.15, 0.2) is 24.3 Å². The van der Waals surface area contributed by atoms with Gasteiger partial charge >= 0.3 is 0 Å². The SMILES string of the molecule is CON(C)C(=O)C(C)c1ccc(C(=O)C2CC2)cc1. The molecule has 0 heterocycles. The second-order valence-electron chi connectivity index (χ2n) is 5.00. The molecule has 0 saturated heterocycles. The van der Waals surface area contributed by atoms with E-state index in [0.717, 1.165) is 24.0 Å². The molecule has 0 spiro atoms. The molecule has 1 saturated carbocycles. The molecule has 4 heteroatoms. The van der Waals surface area contributed by atoms with Crippen molar-refractivity contribution in [2.75, 3.05) is 14.2 Å². The fourth-order valence-electron chi connectivity index (χ4n) is 2.02. The van der Waals surface area contributed by atoms with E-state index in [1.54, 1.807) is 7.05 Å². The Morgan fingerprint density at radius 3 is 2.32 bits per heavy atom. The van der Waals surface area contributed by atoms with Crippen LogP contribution in [-0.2, 0) is 9.63 Å². The van der Waals surface area contributed by atoms with Gasteiger partial charge in [0.15, 0.2) is 5.78 Å². The molecule has 0 aliphatic heterocycles. The Hall–Kier alpha value is -1.68. The number of rotatable bonds is 5. The monoisotopic (exact) mass is 261 g/mol. The predicted molar refractivity (Wildman–Crippen MR) is 71.7 cm³/mol. The summed E-state index contributed by atoms with van der Waals surface area (Å²) in [6.07, 6.45) is 2.02. The van der Waals surface area contributed by atoms with Crippen LogP contribution in [0, 0.1) is 5.92 Å². The molecule has 0 aromatic heterocycles. The second-order valence-corrected chi connectivity index (χ2v) is 5.00. The van der Waals surface area contributed by atoms with Gasteiger partial charge in [-0.25, -0.2) is 5.06 Å². The highest BCUT2D eigenvalue weighted by atomic mass is 16.7. The lowest BCUT2D eigenvalue weighted by atomic mass is 9.97. The van der Waals surface area contributed by atoms with Crippen LogP contribution in [-0.4, -0.2) is 30.9 Å². The molecule has 0 N–H and O–H groups in total. The minimum absolute atomic E-state index is 0.108. The highest BCUT2D eigenvalue weighted by molar-refractivity contribution is 5.99. The van der Waals surface area contributed by atoms with Gasteiger partial charge in [-0.2, -0.15) is 0 Å². The predicted octanol–water partition coefficient (Wildman–Crippen LogP) is 2.40. The van der Waals surface area contributed by atoms with E-state index in [2.05, 4.69) is 0 Å². The molecule has 0 bridgehead atoms. The van der Waals surface area contributed by atoms with Gasteiger partial charge in [0.1, 0.15) is 0 Å². The van der Waals surface area contributed by atoms with Crippen molar-refractivity contribution in [2.24, 2.45) is 5.92 Å². The van der Waals surface area contributed by atoms with Crippen LogP contribution in [0.4, 0.5) is 0 Å². The maximum atomic E-state index is 11.9. The second kappa shape index (κ2) is 5.53. The topological polar surface area (TPSA) is 46.6 Å². The molecular weight excluding hydrogens is 242 g/mol. The summed E-state index contributed by atoms with van der Waals surface area (Å²) in [7, 11) is 3.05. The van der Waals surface area contributed by atoms with Crippen LogP contribution in [0.1, 0.15) is 41.6 Å². The molecule has 1 atom stereocenters. The number of carbonyl (C=O) groups is 2. The minimum Gasteiger partial charge on any atom is -0.294 e. The van der Waals surface area contributed by atoms with Crippen molar-refractivity contribution in [3.63, 3.8) is 0 Å². The highest BCUT2D eigenvalue weighted by Gasteiger charge is 2.30. The van der Waals surface area contributed by atoms with E-state index in [-0.39, 0.29) is 23.5 Å². The first-order valence-corrected chi connectivity index (χ1v) is 6.50. The van der Waals surface area contributed by atoms with Crippen LogP contribution in [0.5, 0.6) is 0 Å². The number of amides is 1. The number of likely N-dealkylation sites (N-methyl/N-ethyl adjacent to an activating group) is 1. The normalized spacial score (nSPS) is 15.9. The van der Waals surface area contributed by atoms with Crippen molar-refractivity contribution >= 4 is 11.7 Å². The van der Waals surface area contributed by atoms with E-state index in [1.807, 2.05) is 31.2 Å². The van der Waals surface area contributed by atoms with Crippen molar-refractivity contribution in [3.05, 3.63) is 35.4 Å². The number of Topliss-reactive ketones (excluding diaryl/α,β-unsaturated/α-hetero) is 1. The molecular formula is C15H19NO3. The molecule has 102 valence electrons. The fraction of sp³-hybridized carbons (Fsp3) is 0.467. The Labute approximate surface area is 113 Å². The Kier molecular flexibility index (Phi) is 4.00. The lowest BCUT2D eigenvalue weighted by molar-refractivity contribution is -0.170. The van der Waals surface area contributed by atoms with Gasteiger partial charge in [0.2, 0.25) is 0 Å². The molecule has 1 aliphatic rings. The molecule has 19 heavy (non-hydrogen) atoms. The van der Waals surface area contributed by atoms with Crippen LogP contribution < -0.4 is 0 Å². The summed E-state index contributed by atoms with van der Waals surface area (Å²) in [5.74, 6) is 0.0582. The zero-order valence-electron chi connectivity index (χ0n) is 11.6. The standard InChI is InChI=1S/C15H19NO3/c1-10(15(18)16(2)19-3)11-4-6-12(7-5-11)14(17)13-8-9-13/h4-7,10,13H,8-9H2,1-3H3. The van der Waals surface area contributed by atoms with Gasteiger partial charge in [-0.15, -0.1) is 0 Å². The molecule has 0 radical (unpaired) electrons. The largest absolute Gasteiger partial charge is 0.294 e. The van der Waals surface area contributed by atoms with Crippen molar-refractivity contribution < 1.29 is 14.4 Å². The molecule has 1 fully saturated rings. The van der Waals surface area contributed by atoms with E-state index in [1.165, 1.54) is 12.2 Å². The number of hydrogen-bond donors (Lipinski definition) is 0. The summed E-state index contributed by atoms with van der Waals surface area (Å²) in [4.78, 5) is 28.7. The molecule has 1 amide bonds. The van der Waals surface area contributed by atoms with E-state index >= 15 is 0 Å². The van der Waals surface area contributed by atoms with Crippen molar-refractivity contribution in [1.29, 1.82) is 0 Å². The zero-order valence-corrected chi connectivity index (χ0v) is 11.6. The van der Waals surface area contributed by atoms with Gasteiger partial charge in [0, 0.05) is 18.5 Å². The summed E-state index contributed by atoms with van der Waals surface area (Å²) in [5, 5.41) is 1.22. The van der Waals surface area contributed by atoms with Gasteiger partial charge in [0.25, 0.3) is 5.91 Å². The summed E-state index contributed by atoms with van der Waals surface area (Å²) in [5.41, 5.74) is 1.63. The summed E-state index contributed by atoms with van der Waals surface area (Å²) < 4.78 is 0. The van der Waals surface area contributed by atoms with Gasteiger partial charge in [-0.1, -0.05) is 24.3 Å². The molecule has 1 unspecified atom stereocenters. The number of nitrogens with zero attached hydrogens (tertiary/aromatic N) is 1. The summed E-state index contributed by atoms with van der Waals surface area (Å²) >= 11 is 0. The lowest BCUT2D eigenvalue weighted by Gasteiger charge is -2.19. The van der Waals surface area contributed by atoms with Gasteiger partial charge in [0.05, 0.1) is 13.0 Å². The number of benzene rings is 1. The van der Waals surface area contributed by atoms with Crippen molar-refractivity contribution in [3.8, 4) is 0 Å². The van der Waals surface area contributed by atoms with Gasteiger partial charge in [-0.3, -0.25) is 14.4 Å². The summed E-state index contributed by atoms with van der Waals surface area (Å²) in [6, 6.07) is 7.32. The van der Waals surface area contributed by atoms with Crippen molar-refractivity contribution in [2.45, 2.75) is 25.7 Å². The number of ketones is 1. The smallest absolute Gasteiger partial charge is 0.253 e. The number of hydrogen-bond acceptors (Lipinski definition) is 3. The Morgan fingerprint density at radius 2 is 1.84 bits per heavy atom. The Balaban J connectivity index is 2.09. The van der Waals surface area contributed by atoms with Gasteiger partial charge < -0.3 is 0 Å². The first-order valence-electron chi connectivity index (χ1n) is 6.50. The van der Waals surface area contributed by atoms with E-state index in [9.17, 15) is 9.59 Å². The lowest BCUT2D eigenvalue weighted by Crippen LogP contribution is -2.29. The minimum atomic E-state index is -0.282. The number of hydroxylamine groups is 2. The third-order valence-corrected chi connectivity index (χ3v) is 3.60. The third-order valence-electron chi connectivity index (χ3n) is 3.60. The van der Waals surface area contributed by atoms with Crippen LogP contribution in [0.3, 0.4) is 0 Å².